The van der Waals surface area contributed by atoms with Crippen LogP contribution in [0.1, 0.15) is 21.5 Å². The van der Waals surface area contributed by atoms with E-state index in [1.165, 1.54) is 11.1 Å². The van der Waals surface area contributed by atoms with Crippen molar-refractivity contribution in [2.45, 2.75) is 12.8 Å². The third-order valence-corrected chi connectivity index (χ3v) is 4.85. The number of nitrogens with zero attached hydrogens (tertiary/aromatic N) is 1. The average molecular weight is 345 g/mol. The SMILES string of the molecule is Nc1cccc(C(=O)N2CCc3ccccc3CC2)c1Br. The molecule has 0 atom stereocenters. The van der Waals surface area contributed by atoms with E-state index in [-0.39, 0.29) is 5.91 Å². The largest absolute Gasteiger partial charge is 0.398 e. The number of nitrogen functional groups attached to an aromatic ring is 1. The topological polar surface area (TPSA) is 46.3 Å². The number of nitrogens with two attached hydrogens (primary N) is 1. The van der Waals surface area contributed by atoms with E-state index in [0.717, 1.165) is 25.9 Å². The molecule has 0 radical (unpaired) electrons. The van der Waals surface area contributed by atoms with Crippen LogP contribution in [-0.4, -0.2) is 23.9 Å². The van der Waals surface area contributed by atoms with E-state index in [9.17, 15) is 4.79 Å². The van der Waals surface area contributed by atoms with Gasteiger partial charge in [-0.2, -0.15) is 0 Å². The Labute approximate surface area is 132 Å². The van der Waals surface area contributed by atoms with Gasteiger partial charge in [-0.15, -0.1) is 0 Å². The fourth-order valence-electron chi connectivity index (χ4n) is 2.76. The highest BCUT2D eigenvalue weighted by Gasteiger charge is 2.21. The summed E-state index contributed by atoms with van der Waals surface area (Å²) in [6, 6.07) is 13.9. The molecule has 1 aliphatic rings. The van der Waals surface area contributed by atoms with Crippen LogP contribution in [0, 0.1) is 0 Å². The fraction of sp³-hybridized carbons (Fsp3) is 0.235. The summed E-state index contributed by atoms with van der Waals surface area (Å²) in [5.41, 5.74) is 9.80. The number of halogens is 1. The summed E-state index contributed by atoms with van der Waals surface area (Å²) in [7, 11) is 0. The Kier molecular flexibility index (Phi) is 3.97. The van der Waals surface area contributed by atoms with Gasteiger partial charge in [0.2, 0.25) is 0 Å². The number of hydrogen-bond donors (Lipinski definition) is 1. The third-order valence-electron chi connectivity index (χ3n) is 3.97. The normalized spacial score (nSPS) is 14.4. The van der Waals surface area contributed by atoms with Crippen LogP contribution >= 0.6 is 15.9 Å². The first-order chi connectivity index (χ1) is 10.2. The molecule has 108 valence electrons. The van der Waals surface area contributed by atoms with Crippen molar-refractivity contribution in [1.29, 1.82) is 0 Å². The van der Waals surface area contributed by atoms with Crippen LogP contribution in [-0.2, 0) is 12.8 Å². The zero-order valence-electron chi connectivity index (χ0n) is 11.7. The second-order valence-electron chi connectivity index (χ2n) is 5.27. The molecule has 3 rings (SSSR count). The molecule has 2 aromatic rings. The molecule has 0 saturated carbocycles. The number of benzene rings is 2. The minimum absolute atomic E-state index is 0.0435. The molecule has 1 aliphatic heterocycles. The molecule has 1 amide bonds. The summed E-state index contributed by atoms with van der Waals surface area (Å²) in [6.07, 6.45) is 1.81. The van der Waals surface area contributed by atoms with Crippen molar-refractivity contribution in [1.82, 2.24) is 4.90 Å². The van der Waals surface area contributed by atoms with E-state index in [0.29, 0.717) is 15.7 Å². The van der Waals surface area contributed by atoms with E-state index in [2.05, 4.69) is 40.2 Å². The van der Waals surface area contributed by atoms with E-state index in [1.54, 1.807) is 6.07 Å². The minimum atomic E-state index is 0.0435. The van der Waals surface area contributed by atoms with Crippen molar-refractivity contribution in [3.8, 4) is 0 Å². The van der Waals surface area contributed by atoms with Gasteiger partial charge in [0.15, 0.2) is 0 Å². The van der Waals surface area contributed by atoms with Crippen LogP contribution in [0.15, 0.2) is 46.9 Å². The number of anilines is 1. The first-order valence-electron chi connectivity index (χ1n) is 7.07. The Hall–Kier alpha value is -1.81. The molecule has 0 aromatic heterocycles. The molecule has 0 spiro atoms. The van der Waals surface area contributed by atoms with Crippen molar-refractivity contribution >= 4 is 27.5 Å². The number of carbonyl (C=O) groups excluding carboxylic acids is 1. The highest BCUT2D eigenvalue weighted by atomic mass is 79.9. The number of rotatable bonds is 1. The Morgan fingerprint density at radius 3 is 2.24 bits per heavy atom. The van der Waals surface area contributed by atoms with E-state index >= 15 is 0 Å². The van der Waals surface area contributed by atoms with Gasteiger partial charge in [-0.1, -0.05) is 30.3 Å². The Morgan fingerprint density at radius 2 is 1.62 bits per heavy atom. The second-order valence-corrected chi connectivity index (χ2v) is 6.06. The van der Waals surface area contributed by atoms with Gasteiger partial charge in [-0.25, -0.2) is 0 Å². The molecule has 4 heteroatoms. The van der Waals surface area contributed by atoms with Gasteiger partial charge in [0, 0.05) is 18.8 Å². The van der Waals surface area contributed by atoms with Crippen molar-refractivity contribution in [2.24, 2.45) is 0 Å². The summed E-state index contributed by atoms with van der Waals surface area (Å²) in [5.74, 6) is 0.0435. The summed E-state index contributed by atoms with van der Waals surface area (Å²) in [6.45, 7) is 1.49. The monoisotopic (exact) mass is 344 g/mol. The third kappa shape index (κ3) is 2.81. The van der Waals surface area contributed by atoms with Crippen molar-refractivity contribution < 1.29 is 4.79 Å². The number of fused-ring (bicyclic) bond motifs is 1. The van der Waals surface area contributed by atoms with Gasteiger partial charge in [0.1, 0.15) is 0 Å². The van der Waals surface area contributed by atoms with Crippen LogP contribution < -0.4 is 5.73 Å². The zero-order valence-corrected chi connectivity index (χ0v) is 13.3. The highest BCUT2D eigenvalue weighted by molar-refractivity contribution is 9.10. The molecule has 2 aromatic carbocycles. The van der Waals surface area contributed by atoms with Crippen LogP contribution in [0.3, 0.4) is 0 Å². The second kappa shape index (κ2) is 5.90. The molecule has 1 heterocycles. The Balaban J connectivity index is 1.83. The Morgan fingerprint density at radius 1 is 1.00 bits per heavy atom. The summed E-state index contributed by atoms with van der Waals surface area (Å²) in [4.78, 5) is 14.6. The zero-order chi connectivity index (χ0) is 14.8. The number of carbonyl (C=O) groups is 1. The van der Waals surface area contributed by atoms with E-state index in [1.807, 2.05) is 17.0 Å². The van der Waals surface area contributed by atoms with Gasteiger partial charge >= 0.3 is 0 Å². The van der Waals surface area contributed by atoms with Crippen molar-refractivity contribution in [2.75, 3.05) is 18.8 Å². The van der Waals surface area contributed by atoms with Crippen LogP contribution in [0.25, 0.3) is 0 Å². The molecule has 0 fully saturated rings. The lowest BCUT2D eigenvalue weighted by Gasteiger charge is -2.21. The van der Waals surface area contributed by atoms with Crippen molar-refractivity contribution in [3.63, 3.8) is 0 Å². The van der Waals surface area contributed by atoms with E-state index in [4.69, 9.17) is 5.73 Å². The maximum absolute atomic E-state index is 12.7. The van der Waals surface area contributed by atoms with Crippen LogP contribution in [0.5, 0.6) is 0 Å². The fourth-order valence-corrected chi connectivity index (χ4v) is 3.19. The molecular weight excluding hydrogens is 328 g/mol. The van der Waals surface area contributed by atoms with Gasteiger partial charge in [-0.3, -0.25) is 4.79 Å². The molecule has 0 bridgehead atoms. The van der Waals surface area contributed by atoms with Crippen molar-refractivity contribution in [3.05, 3.63) is 63.6 Å². The average Bonchev–Trinajstić information content (AvgIpc) is 2.72. The van der Waals surface area contributed by atoms with Gasteiger partial charge < -0.3 is 10.6 Å². The predicted molar refractivity (Wildman–Crippen MR) is 88.3 cm³/mol. The minimum Gasteiger partial charge on any atom is -0.398 e. The lowest BCUT2D eigenvalue weighted by Crippen LogP contribution is -2.33. The first-order valence-corrected chi connectivity index (χ1v) is 7.86. The molecule has 21 heavy (non-hydrogen) atoms. The highest BCUT2D eigenvalue weighted by Crippen LogP contribution is 2.26. The lowest BCUT2D eigenvalue weighted by atomic mass is 10.0. The predicted octanol–water partition coefficient (Wildman–Crippen LogP) is 3.27. The molecule has 0 unspecified atom stereocenters. The van der Waals surface area contributed by atoms with E-state index < -0.39 is 0 Å². The van der Waals surface area contributed by atoms with Gasteiger partial charge in [-0.05, 0) is 52.0 Å². The summed E-state index contributed by atoms with van der Waals surface area (Å²) < 4.78 is 0.691. The number of hydrogen-bond acceptors (Lipinski definition) is 2. The molecule has 2 N–H and O–H groups in total. The summed E-state index contributed by atoms with van der Waals surface area (Å²) >= 11 is 3.42. The standard InChI is InChI=1S/C17H17BrN2O/c18-16-14(6-3-7-15(16)19)17(21)20-10-8-12-4-1-2-5-13(12)9-11-20/h1-7H,8-11,19H2. The van der Waals surface area contributed by atoms with Crippen LogP contribution in [0.2, 0.25) is 0 Å². The smallest absolute Gasteiger partial charge is 0.255 e. The first kappa shape index (κ1) is 14.1. The quantitative estimate of drug-likeness (QED) is 0.807. The molecule has 0 aliphatic carbocycles. The lowest BCUT2D eigenvalue weighted by molar-refractivity contribution is 0.0762. The maximum Gasteiger partial charge on any atom is 0.255 e. The number of amides is 1. The van der Waals surface area contributed by atoms with Crippen LogP contribution in [0.4, 0.5) is 5.69 Å². The Bertz CT molecular complexity index is 657. The van der Waals surface area contributed by atoms with Gasteiger partial charge in [0.05, 0.1) is 10.0 Å². The summed E-state index contributed by atoms with van der Waals surface area (Å²) in [5, 5.41) is 0. The maximum atomic E-state index is 12.7. The molecular formula is C17H17BrN2O. The molecule has 3 nitrogen and oxygen atoms in total. The van der Waals surface area contributed by atoms with Gasteiger partial charge in [0.25, 0.3) is 5.91 Å². The molecule has 0 saturated heterocycles.